The molecule has 1 aromatic carbocycles. The highest BCUT2D eigenvalue weighted by atomic mass is 127. The van der Waals surface area contributed by atoms with Crippen LogP contribution in [-0.4, -0.2) is 24.3 Å². The van der Waals surface area contributed by atoms with Gasteiger partial charge in [-0.2, -0.15) is 0 Å². The van der Waals surface area contributed by atoms with Crippen LogP contribution in [0.1, 0.15) is 27.7 Å². The maximum absolute atomic E-state index is 6.11. The van der Waals surface area contributed by atoms with Gasteiger partial charge in [-0.1, -0.05) is 0 Å². The van der Waals surface area contributed by atoms with Crippen molar-refractivity contribution in [2.75, 3.05) is 23.7 Å². The number of nitrogens with zero attached hydrogens (tertiary/aromatic N) is 1. The number of hydrogen-bond donors (Lipinski definition) is 1. The number of morpholine rings is 1. The smallest absolute Gasteiger partial charge is 0.0808 e. The van der Waals surface area contributed by atoms with Gasteiger partial charge in [-0.3, -0.25) is 0 Å². The van der Waals surface area contributed by atoms with Crippen LogP contribution in [0.2, 0.25) is 0 Å². The zero-order valence-electron chi connectivity index (χ0n) is 11.5. The molecule has 0 aromatic heterocycles. The van der Waals surface area contributed by atoms with Gasteiger partial charge in [-0.25, -0.2) is 0 Å². The van der Waals surface area contributed by atoms with Gasteiger partial charge < -0.3 is 15.4 Å². The number of anilines is 2. The van der Waals surface area contributed by atoms with Crippen molar-refractivity contribution in [3.05, 3.63) is 21.8 Å². The Morgan fingerprint density at radius 1 is 1.17 bits per heavy atom. The van der Waals surface area contributed by atoms with E-state index in [1.807, 2.05) is 12.1 Å². The zero-order chi connectivity index (χ0) is 13.6. The Hall–Kier alpha value is -0.490. The summed E-state index contributed by atoms with van der Waals surface area (Å²) in [6, 6.07) is 6.09. The van der Waals surface area contributed by atoms with Gasteiger partial charge in [-0.15, -0.1) is 0 Å². The fraction of sp³-hybridized carbons (Fsp3) is 0.571. The molecule has 0 aliphatic carbocycles. The Balaban J connectivity index is 2.32. The molecule has 1 heterocycles. The maximum atomic E-state index is 6.11. The molecule has 1 aliphatic rings. The Morgan fingerprint density at radius 3 is 2.22 bits per heavy atom. The van der Waals surface area contributed by atoms with E-state index in [0.29, 0.717) is 0 Å². The van der Waals surface area contributed by atoms with Crippen molar-refractivity contribution in [1.29, 1.82) is 0 Å². The number of nitrogen functional groups attached to an aromatic ring is 1. The predicted molar refractivity (Wildman–Crippen MR) is 85.0 cm³/mol. The number of rotatable bonds is 1. The Kier molecular flexibility index (Phi) is 3.53. The van der Waals surface area contributed by atoms with Crippen molar-refractivity contribution >= 4 is 34.0 Å². The molecule has 0 atom stereocenters. The van der Waals surface area contributed by atoms with Crippen LogP contribution in [0.3, 0.4) is 0 Å². The molecule has 4 heteroatoms. The van der Waals surface area contributed by atoms with Gasteiger partial charge in [0.15, 0.2) is 0 Å². The van der Waals surface area contributed by atoms with Crippen molar-refractivity contribution in [2.24, 2.45) is 0 Å². The van der Waals surface area contributed by atoms with Crippen LogP contribution in [0.25, 0.3) is 0 Å². The minimum absolute atomic E-state index is 0.133. The number of ether oxygens (including phenoxy) is 1. The molecule has 100 valence electrons. The molecule has 3 nitrogen and oxygen atoms in total. The van der Waals surface area contributed by atoms with Crippen LogP contribution in [0.15, 0.2) is 18.2 Å². The maximum Gasteiger partial charge on any atom is 0.0808 e. The highest BCUT2D eigenvalue weighted by Gasteiger charge is 2.38. The number of nitrogens with two attached hydrogens (primary N) is 1. The second kappa shape index (κ2) is 4.56. The van der Waals surface area contributed by atoms with Crippen molar-refractivity contribution in [2.45, 2.75) is 38.9 Å². The van der Waals surface area contributed by atoms with E-state index < -0.39 is 0 Å². The highest BCUT2D eigenvalue weighted by Crippen LogP contribution is 2.34. The van der Waals surface area contributed by atoms with Crippen molar-refractivity contribution in [1.82, 2.24) is 0 Å². The largest absolute Gasteiger partial charge is 0.399 e. The summed E-state index contributed by atoms with van der Waals surface area (Å²) in [6.45, 7) is 10.4. The molecule has 0 unspecified atom stereocenters. The summed E-state index contributed by atoms with van der Waals surface area (Å²) in [5, 5.41) is 0. The van der Waals surface area contributed by atoms with Crippen LogP contribution in [0.5, 0.6) is 0 Å². The summed E-state index contributed by atoms with van der Waals surface area (Å²) in [5.74, 6) is 0. The summed E-state index contributed by atoms with van der Waals surface area (Å²) in [5.41, 5.74) is 7.61. The van der Waals surface area contributed by atoms with Gasteiger partial charge in [0.1, 0.15) is 0 Å². The van der Waals surface area contributed by atoms with E-state index >= 15 is 0 Å². The highest BCUT2D eigenvalue weighted by molar-refractivity contribution is 14.1. The lowest BCUT2D eigenvalue weighted by atomic mass is 9.98. The molecule has 0 bridgehead atoms. The van der Waals surface area contributed by atoms with Crippen LogP contribution < -0.4 is 10.6 Å². The Morgan fingerprint density at radius 2 is 1.72 bits per heavy atom. The fourth-order valence-corrected chi connectivity index (χ4v) is 3.62. The van der Waals surface area contributed by atoms with E-state index in [-0.39, 0.29) is 11.2 Å². The molecular formula is C14H21IN2O. The lowest BCUT2D eigenvalue weighted by Gasteiger charge is -2.48. The lowest BCUT2D eigenvalue weighted by molar-refractivity contribution is -0.133. The summed E-state index contributed by atoms with van der Waals surface area (Å²) in [7, 11) is 0. The minimum atomic E-state index is -0.133. The molecule has 18 heavy (non-hydrogen) atoms. The predicted octanol–water partition coefficient (Wildman–Crippen LogP) is 3.27. The molecule has 0 spiro atoms. The molecule has 1 saturated heterocycles. The van der Waals surface area contributed by atoms with E-state index in [4.69, 9.17) is 10.5 Å². The zero-order valence-corrected chi connectivity index (χ0v) is 13.6. The molecular weight excluding hydrogens is 339 g/mol. The normalized spacial score (nSPS) is 21.9. The summed E-state index contributed by atoms with van der Waals surface area (Å²) in [6.07, 6.45) is 0. The Bertz CT molecular complexity index is 441. The first-order chi connectivity index (χ1) is 8.19. The average Bonchev–Trinajstić information content (AvgIpc) is 2.11. The van der Waals surface area contributed by atoms with Gasteiger partial charge in [-0.05, 0) is 68.5 Å². The van der Waals surface area contributed by atoms with Crippen LogP contribution >= 0.6 is 22.6 Å². The van der Waals surface area contributed by atoms with E-state index in [9.17, 15) is 0 Å². The third-order valence-electron chi connectivity index (χ3n) is 3.01. The van der Waals surface area contributed by atoms with Crippen LogP contribution in [-0.2, 0) is 4.74 Å². The number of halogens is 1. The lowest BCUT2D eigenvalue weighted by Crippen LogP contribution is -2.57. The van der Waals surface area contributed by atoms with E-state index in [0.717, 1.165) is 18.8 Å². The quantitative estimate of drug-likeness (QED) is 0.617. The second-order valence-electron chi connectivity index (χ2n) is 6.19. The first-order valence-corrected chi connectivity index (χ1v) is 7.27. The summed E-state index contributed by atoms with van der Waals surface area (Å²) >= 11 is 2.35. The number of benzene rings is 1. The van der Waals surface area contributed by atoms with Crippen LogP contribution in [0, 0.1) is 3.57 Å². The third kappa shape index (κ3) is 3.09. The standard InChI is InChI=1S/C14H21IN2O/c1-13(2)8-17(9-14(3,4)18-13)12-6-5-10(16)7-11(12)15/h5-7H,8-9,16H2,1-4H3. The van der Waals surface area contributed by atoms with Gasteiger partial charge in [0, 0.05) is 22.3 Å². The van der Waals surface area contributed by atoms with E-state index in [1.165, 1.54) is 9.26 Å². The van der Waals surface area contributed by atoms with Crippen LogP contribution in [0.4, 0.5) is 11.4 Å². The average molecular weight is 360 g/mol. The molecule has 2 N–H and O–H groups in total. The molecule has 2 rings (SSSR count). The first kappa shape index (κ1) is 13.9. The monoisotopic (exact) mass is 360 g/mol. The van der Waals surface area contributed by atoms with Crippen molar-refractivity contribution < 1.29 is 4.74 Å². The molecule has 1 aromatic rings. The van der Waals surface area contributed by atoms with Gasteiger partial charge >= 0.3 is 0 Å². The SMILES string of the molecule is CC1(C)CN(c2ccc(N)cc2I)CC(C)(C)O1. The molecule has 0 saturated carbocycles. The van der Waals surface area contributed by atoms with Crippen molar-refractivity contribution in [3.63, 3.8) is 0 Å². The van der Waals surface area contributed by atoms with Gasteiger partial charge in [0.05, 0.1) is 16.9 Å². The van der Waals surface area contributed by atoms with E-state index in [1.54, 1.807) is 0 Å². The third-order valence-corrected chi connectivity index (χ3v) is 3.87. The van der Waals surface area contributed by atoms with E-state index in [2.05, 4.69) is 61.3 Å². The molecule has 0 amide bonds. The van der Waals surface area contributed by atoms with Gasteiger partial charge in [0.2, 0.25) is 0 Å². The molecule has 0 radical (unpaired) electrons. The molecule has 1 fully saturated rings. The summed E-state index contributed by atoms with van der Waals surface area (Å²) in [4.78, 5) is 2.39. The summed E-state index contributed by atoms with van der Waals surface area (Å²) < 4.78 is 7.30. The molecule has 1 aliphatic heterocycles. The topological polar surface area (TPSA) is 38.5 Å². The number of hydrogen-bond acceptors (Lipinski definition) is 3. The minimum Gasteiger partial charge on any atom is -0.399 e. The fourth-order valence-electron chi connectivity index (χ4n) is 2.74. The first-order valence-electron chi connectivity index (χ1n) is 6.19. The van der Waals surface area contributed by atoms with Gasteiger partial charge in [0.25, 0.3) is 0 Å². The van der Waals surface area contributed by atoms with Crippen molar-refractivity contribution in [3.8, 4) is 0 Å². The Labute approximate surface area is 123 Å². The second-order valence-corrected chi connectivity index (χ2v) is 7.35.